The summed E-state index contributed by atoms with van der Waals surface area (Å²) in [7, 11) is 0. The minimum absolute atomic E-state index is 0.0209. The number of carbonyl (C=O) groups is 1. The molecule has 3 N–H and O–H groups in total. The number of urea groups is 1. The maximum atomic E-state index is 11.8. The summed E-state index contributed by atoms with van der Waals surface area (Å²) in [4.78, 5) is 11.8. The predicted octanol–water partition coefficient (Wildman–Crippen LogP) is 2.53. The molecule has 0 aromatic heterocycles. The Morgan fingerprint density at radius 2 is 1.68 bits per heavy atom. The largest absolute Gasteiger partial charge is 0.392 e. The molecule has 0 atom stereocenters. The molecule has 0 aliphatic heterocycles. The molecular weight excluding hydrogens is 276 g/mol. The summed E-state index contributed by atoms with van der Waals surface area (Å²) >= 11 is 0. The second-order valence-corrected chi connectivity index (χ2v) is 5.27. The van der Waals surface area contributed by atoms with Gasteiger partial charge in [0.2, 0.25) is 0 Å². The first-order valence-electron chi connectivity index (χ1n) is 7.44. The topological polar surface area (TPSA) is 61.4 Å². The molecule has 4 heteroatoms. The summed E-state index contributed by atoms with van der Waals surface area (Å²) in [6, 6.07) is 15.6. The van der Waals surface area contributed by atoms with E-state index in [1.165, 1.54) is 11.1 Å². The third kappa shape index (κ3) is 4.90. The average molecular weight is 298 g/mol. The monoisotopic (exact) mass is 298 g/mol. The summed E-state index contributed by atoms with van der Waals surface area (Å²) in [5.41, 5.74) is 4.20. The highest BCUT2D eigenvalue weighted by atomic mass is 16.3. The first kappa shape index (κ1) is 16.0. The molecule has 0 saturated heterocycles. The summed E-state index contributed by atoms with van der Waals surface area (Å²) in [5.74, 6) is 0. The molecule has 0 heterocycles. The van der Waals surface area contributed by atoms with E-state index >= 15 is 0 Å². The Hall–Kier alpha value is -2.33. The third-order valence-electron chi connectivity index (χ3n) is 3.55. The van der Waals surface area contributed by atoms with Crippen molar-refractivity contribution in [3.8, 4) is 0 Å². The van der Waals surface area contributed by atoms with Crippen LogP contribution < -0.4 is 10.6 Å². The Labute approximate surface area is 131 Å². The van der Waals surface area contributed by atoms with Crippen LogP contribution in [0.4, 0.5) is 4.79 Å². The van der Waals surface area contributed by atoms with Crippen molar-refractivity contribution in [1.82, 2.24) is 10.6 Å². The van der Waals surface area contributed by atoms with E-state index < -0.39 is 0 Å². The van der Waals surface area contributed by atoms with Gasteiger partial charge in [0.1, 0.15) is 0 Å². The van der Waals surface area contributed by atoms with Crippen molar-refractivity contribution in [3.63, 3.8) is 0 Å². The number of aliphatic hydroxyl groups is 1. The highest BCUT2D eigenvalue weighted by Crippen LogP contribution is 2.08. The molecular formula is C18H22N2O2. The van der Waals surface area contributed by atoms with Crippen LogP contribution in [0.2, 0.25) is 0 Å². The van der Waals surface area contributed by atoms with Crippen LogP contribution >= 0.6 is 0 Å². The van der Waals surface area contributed by atoms with Crippen LogP contribution in [0.1, 0.15) is 22.3 Å². The Balaban J connectivity index is 1.73. The molecule has 2 rings (SSSR count). The van der Waals surface area contributed by atoms with E-state index in [2.05, 4.69) is 41.8 Å². The van der Waals surface area contributed by atoms with Crippen molar-refractivity contribution in [2.45, 2.75) is 26.5 Å². The number of aryl methyl sites for hydroxylation is 1. The van der Waals surface area contributed by atoms with Gasteiger partial charge in [0.15, 0.2) is 0 Å². The van der Waals surface area contributed by atoms with Gasteiger partial charge >= 0.3 is 6.03 Å². The number of benzene rings is 2. The Morgan fingerprint density at radius 1 is 1.00 bits per heavy atom. The van der Waals surface area contributed by atoms with Gasteiger partial charge in [-0.15, -0.1) is 0 Å². The van der Waals surface area contributed by atoms with E-state index in [0.29, 0.717) is 13.1 Å². The zero-order valence-electron chi connectivity index (χ0n) is 12.8. The summed E-state index contributed by atoms with van der Waals surface area (Å²) < 4.78 is 0. The molecule has 2 amide bonds. The van der Waals surface area contributed by atoms with Crippen LogP contribution in [-0.2, 0) is 19.6 Å². The van der Waals surface area contributed by atoms with Gasteiger partial charge in [-0.2, -0.15) is 0 Å². The molecule has 0 aliphatic carbocycles. The number of amides is 2. The van der Waals surface area contributed by atoms with Gasteiger partial charge in [-0.3, -0.25) is 0 Å². The van der Waals surface area contributed by atoms with Crippen molar-refractivity contribution in [1.29, 1.82) is 0 Å². The van der Waals surface area contributed by atoms with Gasteiger partial charge in [-0.1, -0.05) is 54.1 Å². The van der Waals surface area contributed by atoms with Gasteiger partial charge in [0.05, 0.1) is 6.61 Å². The van der Waals surface area contributed by atoms with Crippen LogP contribution in [0.15, 0.2) is 48.5 Å². The molecule has 0 radical (unpaired) electrons. The quantitative estimate of drug-likeness (QED) is 0.767. The third-order valence-corrected chi connectivity index (χ3v) is 3.55. The highest BCUT2D eigenvalue weighted by molar-refractivity contribution is 5.73. The minimum Gasteiger partial charge on any atom is -0.392 e. The molecule has 2 aromatic carbocycles. The average Bonchev–Trinajstić information content (AvgIpc) is 2.55. The number of nitrogens with one attached hydrogen (secondary N) is 2. The number of hydrogen-bond donors (Lipinski definition) is 3. The standard InChI is InChI=1S/C18H22N2O2/c1-14-6-8-15(9-7-14)10-11-19-18(22)20-12-16-4-2-3-5-17(16)13-21/h2-9,21H,10-13H2,1H3,(H2,19,20,22). The number of aliphatic hydroxyl groups excluding tert-OH is 1. The predicted molar refractivity (Wildman–Crippen MR) is 87.5 cm³/mol. The maximum absolute atomic E-state index is 11.8. The number of hydrogen-bond acceptors (Lipinski definition) is 2. The normalized spacial score (nSPS) is 10.3. The first-order chi connectivity index (χ1) is 10.7. The molecule has 0 aliphatic rings. The zero-order chi connectivity index (χ0) is 15.8. The summed E-state index contributed by atoms with van der Waals surface area (Å²) in [6.45, 7) is 3.04. The van der Waals surface area contributed by atoms with Crippen molar-refractivity contribution >= 4 is 6.03 Å². The summed E-state index contributed by atoms with van der Waals surface area (Å²) in [5, 5.41) is 14.9. The van der Waals surface area contributed by atoms with Crippen LogP contribution in [0.5, 0.6) is 0 Å². The molecule has 0 bridgehead atoms. The number of rotatable bonds is 6. The molecule has 4 nitrogen and oxygen atoms in total. The van der Waals surface area contributed by atoms with Crippen LogP contribution in [0.25, 0.3) is 0 Å². The highest BCUT2D eigenvalue weighted by Gasteiger charge is 2.03. The van der Waals surface area contributed by atoms with Crippen molar-refractivity contribution in [2.24, 2.45) is 0 Å². The lowest BCUT2D eigenvalue weighted by atomic mass is 10.1. The first-order valence-corrected chi connectivity index (χ1v) is 7.44. The smallest absolute Gasteiger partial charge is 0.315 e. The van der Waals surface area contributed by atoms with E-state index in [1.54, 1.807) is 0 Å². The van der Waals surface area contributed by atoms with Crippen LogP contribution in [-0.4, -0.2) is 17.7 Å². The van der Waals surface area contributed by atoms with Crippen LogP contribution in [0.3, 0.4) is 0 Å². The lowest BCUT2D eigenvalue weighted by molar-refractivity contribution is 0.240. The maximum Gasteiger partial charge on any atom is 0.315 e. The van der Waals surface area contributed by atoms with Crippen molar-refractivity contribution in [2.75, 3.05) is 6.54 Å². The fraction of sp³-hybridized carbons (Fsp3) is 0.278. The van der Waals surface area contributed by atoms with E-state index in [1.807, 2.05) is 24.3 Å². The fourth-order valence-corrected chi connectivity index (χ4v) is 2.20. The van der Waals surface area contributed by atoms with Gasteiger partial charge < -0.3 is 15.7 Å². The molecule has 116 valence electrons. The van der Waals surface area contributed by atoms with Gasteiger partial charge in [-0.05, 0) is 30.0 Å². The Morgan fingerprint density at radius 3 is 2.36 bits per heavy atom. The van der Waals surface area contributed by atoms with Gasteiger partial charge in [-0.25, -0.2) is 4.79 Å². The molecule has 0 unspecified atom stereocenters. The van der Waals surface area contributed by atoms with E-state index in [0.717, 1.165) is 17.5 Å². The second kappa shape index (κ2) is 8.20. The lowest BCUT2D eigenvalue weighted by Crippen LogP contribution is -2.36. The van der Waals surface area contributed by atoms with Gasteiger partial charge in [0.25, 0.3) is 0 Å². The second-order valence-electron chi connectivity index (χ2n) is 5.27. The molecule has 22 heavy (non-hydrogen) atoms. The number of carbonyl (C=O) groups excluding carboxylic acids is 1. The minimum atomic E-state index is -0.195. The van der Waals surface area contributed by atoms with Crippen LogP contribution in [0, 0.1) is 6.92 Å². The van der Waals surface area contributed by atoms with Crippen molar-refractivity contribution < 1.29 is 9.90 Å². The Bertz CT molecular complexity index is 609. The SMILES string of the molecule is Cc1ccc(CCNC(=O)NCc2ccccc2CO)cc1. The molecule has 0 spiro atoms. The van der Waals surface area contributed by atoms with E-state index in [9.17, 15) is 9.90 Å². The molecule has 2 aromatic rings. The fourth-order valence-electron chi connectivity index (χ4n) is 2.20. The zero-order valence-corrected chi connectivity index (χ0v) is 12.8. The molecule has 0 saturated carbocycles. The summed E-state index contributed by atoms with van der Waals surface area (Å²) in [6.07, 6.45) is 0.806. The van der Waals surface area contributed by atoms with E-state index in [4.69, 9.17) is 0 Å². The Kier molecular flexibility index (Phi) is 5.98. The molecule has 0 fully saturated rings. The van der Waals surface area contributed by atoms with Crippen molar-refractivity contribution in [3.05, 3.63) is 70.8 Å². The van der Waals surface area contributed by atoms with Gasteiger partial charge in [0, 0.05) is 13.1 Å². The van der Waals surface area contributed by atoms with E-state index in [-0.39, 0.29) is 12.6 Å². The lowest BCUT2D eigenvalue weighted by Gasteiger charge is -2.10.